The summed E-state index contributed by atoms with van der Waals surface area (Å²) in [6.07, 6.45) is 1.77. The van der Waals surface area contributed by atoms with E-state index in [1.807, 2.05) is 49.3 Å². The monoisotopic (exact) mass is 397 g/mol. The number of anilines is 1. The van der Waals surface area contributed by atoms with Gasteiger partial charge in [-0.2, -0.15) is 4.98 Å². The quantitative estimate of drug-likeness (QED) is 0.670. The molecule has 8 heteroatoms. The van der Waals surface area contributed by atoms with Crippen molar-refractivity contribution in [2.45, 2.75) is 26.7 Å². The van der Waals surface area contributed by atoms with Crippen molar-refractivity contribution >= 4 is 23.1 Å². The van der Waals surface area contributed by atoms with Crippen molar-refractivity contribution in [1.82, 2.24) is 20.0 Å². The maximum Gasteiger partial charge on any atom is 0.264 e. The van der Waals surface area contributed by atoms with E-state index in [0.29, 0.717) is 24.8 Å². The summed E-state index contributed by atoms with van der Waals surface area (Å²) in [5.74, 6) is 2.41. The second-order valence-electron chi connectivity index (χ2n) is 7.28. The summed E-state index contributed by atoms with van der Waals surface area (Å²) < 4.78 is 5.26. The summed E-state index contributed by atoms with van der Waals surface area (Å²) in [7, 11) is 0. The molecule has 1 amide bonds. The van der Waals surface area contributed by atoms with Gasteiger partial charge in [0, 0.05) is 43.9 Å². The Bertz CT molecular complexity index is 955. The van der Waals surface area contributed by atoms with Crippen molar-refractivity contribution in [3.05, 3.63) is 46.1 Å². The van der Waals surface area contributed by atoms with E-state index in [0.717, 1.165) is 34.9 Å². The molecule has 0 spiro atoms. The molecular formula is C20H23N5O2S. The number of thiophene rings is 1. The Kier molecular flexibility index (Phi) is 5.13. The molecule has 0 aromatic carbocycles. The second kappa shape index (κ2) is 7.71. The van der Waals surface area contributed by atoms with Crippen molar-refractivity contribution in [3.8, 4) is 11.4 Å². The van der Waals surface area contributed by atoms with Crippen molar-refractivity contribution in [2.75, 3.05) is 31.1 Å². The zero-order valence-corrected chi connectivity index (χ0v) is 17.1. The fourth-order valence-corrected chi connectivity index (χ4v) is 3.99. The van der Waals surface area contributed by atoms with Gasteiger partial charge in [-0.1, -0.05) is 19.0 Å². The van der Waals surface area contributed by atoms with E-state index < -0.39 is 0 Å². The second-order valence-corrected chi connectivity index (χ2v) is 8.19. The van der Waals surface area contributed by atoms with Crippen LogP contribution in [0.4, 0.5) is 5.82 Å². The summed E-state index contributed by atoms with van der Waals surface area (Å²) in [6, 6.07) is 5.90. The molecule has 3 aromatic rings. The number of amides is 1. The first-order valence-corrected chi connectivity index (χ1v) is 10.3. The lowest BCUT2D eigenvalue weighted by Crippen LogP contribution is -2.48. The van der Waals surface area contributed by atoms with Gasteiger partial charge in [-0.05, 0) is 36.1 Å². The molecule has 1 fully saturated rings. The Hall–Kier alpha value is -2.74. The summed E-state index contributed by atoms with van der Waals surface area (Å²) in [4.78, 5) is 26.5. The summed E-state index contributed by atoms with van der Waals surface area (Å²) in [6.45, 7) is 8.97. The maximum atomic E-state index is 12.6. The minimum atomic E-state index is 0.124. The van der Waals surface area contributed by atoms with E-state index in [1.54, 1.807) is 6.20 Å². The van der Waals surface area contributed by atoms with Crippen LogP contribution in [0.1, 0.15) is 40.9 Å². The molecule has 0 radical (unpaired) electrons. The third kappa shape index (κ3) is 3.77. The number of aryl methyl sites for hydroxylation is 1. The lowest BCUT2D eigenvalue weighted by atomic mass is 10.2. The van der Waals surface area contributed by atoms with Crippen LogP contribution in [0, 0.1) is 6.92 Å². The molecule has 28 heavy (non-hydrogen) atoms. The fraction of sp³-hybridized carbons (Fsp3) is 0.400. The van der Waals surface area contributed by atoms with Crippen LogP contribution in [0.15, 0.2) is 34.3 Å². The normalized spacial score (nSPS) is 14.7. The largest absolute Gasteiger partial charge is 0.353 e. The standard InChI is InChI=1S/C20H23N5O2S/c1-13(2)19-22-18(23-27-19)15-4-5-17(21-11-15)24-6-8-25(9-7-24)20(26)16-10-14(3)12-28-16/h4-5,10-13H,6-9H2,1-3H3. The van der Waals surface area contributed by atoms with Gasteiger partial charge in [-0.3, -0.25) is 4.79 Å². The molecule has 1 saturated heterocycles. The van der Waals surface area contributed by atoms with E-state index in [2.05, 4.69) is 20.0 Å². The molecule has 4 heterocycles. The van der Waals surface area contributed by atoms with Crippen LogP contribution in [-0.4, -0.2) is 52.1 Å². The van der Waals surface area contributed by atoms with Gasteiger partial charge in [0.2, 0.25) is 11.7 Å². The SMILES string of the molecule is Cc1csc(C(=O)N2CCN(c3ccc(-c4noc(C(C)C)n4)cn3)CC2)c1. The zero-order valence-electron chi connectivity index (χ0n) is 16.3. The predicted octanol–water partition coefficient (Wildman–Crippen LogP) is 3.59. The van der Waals surface area contributed by atoms with Gasteiger partial charge in [0.15, 0.2) is 0 Å². The van der Waals surface area contributed by atoms with Gasteiger partial charge in [0.25, 0.3) is 5.91 Å². The number of rotatable bonds is 4. The minimum Gasteiger partial charge on any atom is -0.353 e. The highest BCUT2D eigenvalue weighted by atomic mass is 32.1. The van der Waals surface area contributed by atoms with Crippen molar-refractivity contribution < 1.29 is 9.32 Å². The molecule has 0 bridgehead atoms. The van der Waals surface area contributed by atoms with Crippen LogP contribution in [-0.2, 0) is 0 Å². The first kappa shape index (κ1) is 18.6. The first-order chi connectivity index (χ1) is 13.5. The van der Waals surface area contributed by atoms with Crippen LogP contribution in [0.2, 0.25) is 0 Å². The Morgan fingerprint density at radius 1 is 1.21 bits per heavy atom. The van der Waals surface area contributed by atoms with Crippen molar-refractivity contribution in [1.29, 1.82) is 0 Å². The highest BCUT2D eigenvalue weighted by Crippen LogP contribution is 2.22. The third-order valence-electron chi connectivity index (χ3n) is 4.77. The van der Waals surface area contributed by atoms with Crippen LogP contribution in [0.3, 0.4) is 0 Å². The number of hydrogen-bond donors (Lipinski definition) is 0. The fourth-order valence-electron chi connectivity index (χ4n) is 3.13. The molecule has 146 valence electrons. The number of carbonyl (C=O) groups excluding carboxylic acids is 1. The molecule has 0 atom stereocenters. The molecule has 1 aliphatic rings. The first-order valence-electron chi connectivity index (χ1n) is 9.40. The highest BCUT2D eigenvalue weighted by Gasteiger charge is 2.24. The number of piperazine rings is 1. The molecule has 7 nitrogen and oxygen atoms in total. The Morgan fingerprint density at radius 2 is 2.00 bits per heavy atom. The third-order valence-corrected chi connectivity index (χ3v) is 5.81. The smallest absolute Gasteiger partial charge is 0.264 e. The minimum absolute atomic E-state index is 0.124. The van der Waals surface area contributed by atoms with Gasteiger partial charge in [-0.25, -0.2) is 4.98 Å². The predicted molar refractivity (Wildman–Crippen MR) is 109 cm³/mol. The van der Waals surface area contributed by atoms with Crippen LogP contribution in [0.5, 0.6) is 0 Å². The molecule has 0 unspecified atom stereocenters. The molecule has 0 aliphatic carbocycles. The van der Waals surface area contributed by atoms with E-state index in [-0.39, 0.29) is 11.8 Å². The van der Waals surface area contributed by atoms with Gasteiger partial charge in [0.05, 0.1) is 4.88 Å². The van der Waals surface area contributed by atoms with E-state index >= 15 is 0 Å². The van der Waals surface area contributed by atoms with E-state index in [4.69, 9.17) is 4.52 Å². The summed E-state index contributed by atoms with van der Waals surface area (Å²) in [5.41, 5.74) is 1.97. The number of nitrogens with zero attached hydrogens (tertiary/aromatic N) is 5. The Labute approximate surface area is 168 Å². The Balaban J connectivity index is 1.38. The number of pyridine rings is 1. The van der Waals surface area contributed by atoms with E-state index in [1.165, 1.54) is 11.3 Å². The van der Waals surface area contributed by atoms with Crippen LogP contribution >= 0.6 is 11.3 Å². The molecular weight excluding hydrogens is 374 g/mol. The number of hydrogen-bond acceptors (Lipinski definition) is 7. The van der Waals surface area contributed by atoms with Crippen LogP contribution in [0.25, 0.3) is 11.4 Å². The highest BCUT2D eigenvalue weighted by molar-refractivity contribution is 7.12. The van der Waals surface area contributed by atoms with E-state index in [9.17, 15) is 4.79 Å². The number of aromatic nitrogens is 3. The van der Waals surface area contributed by atoms with Gasteiger partial charge in [0.1, 0.15) is 5.82 Å². The lowest BCUT2D eigenvalue weighted by Gasteiger charge is -2.35. The molecule has 0 N–H and O–H groups in total. The van der Waals surface area contributed by atoms with Crippen molar-refractivity contribution in [3.63, 3.8) is 0 Å². The topological polar surface area (TPSA) is 75.4 Å². The van der Waals surface area contributed by atoms with Gasteiger partial charge < -0.3 is 14.3 Å². The van der Waals surface area contributed by atoms with Gasteiger partial charge >= 0.3 is 0 Å². The number of carbonyl (C=O) groups is 1. The molecule has 1 aliphatic heterocycles. The Morgan fingerprint density at radius 3 is 2.57 bits per heavy atom. The van der Waals surface area contributed by atoms with Crippen LogP contribution < -0.4 is 4.90 Å². The van der Waals surface area contributed by atoms with Gasteiger partial charge in [-0.15, -0.1) is 11.3 Å². The average molecular weight is 398 g/mol. The zero-order chi connectivity index (χ0) is 19.7. The average Bonchev–Trinajstić information content (AvgIpc) is 3.37. The molecule has 4 rings (SSSR count). The summed E-state index contributed by atoms with van der Waals surface area (Å²) >= 11 is 1.51. The summed E-state index contributed by atoms with van der Waals surface area (Å²) in [5, 5.41) is 6.04. The van der Waals surface area contributed by atoms with Crippen molar-refractivity contribution in [2.24, 2.45) is 0 Å². The molecule has 0 saturated carbocycles. The maximum absolute atomic E-state index is 12.6. The lowest BCUT2D eigenvalue weighted by molar-refractivity contribution is 0.0751. The molecule has 3 aromatic heterocycles.